The molecule has 0 amide bonds. The highest BCUT2D eigenvalue weighted by atomic mass is 35.5. The fraction of sp³-hybridized carbons (Fsp3) is 0.455. The molecule has 24 heavy (non-hydrogen) atoms. The first-order valence-electron chi connectivity index (χ1n) is 8.52. The smallest absolute Gasteiger partial charge is 0.0240 e. The number of hydrogen-bond acceptors (Lipinski definition) is 1. The van der Waals surface area contributed by atoms with E-state index in [2.05, 4.69) is 81.4 Å². The SMILES string of the molecule is C=C(C)c1cccc(CN(C/C=C/C#CC(C)(C)C)C2CC2)c1.Cl. The zero-order valence-corrected chi connectivity index (χ0v) is 16.2. The average Bonchev–Trinajstić information content (AvgIpc) is 3.29. The van der Waals surface area contributed by atoms with Crippen LogP contribution in [-0.2, 0) is 6.54 Å². The normalized spacial score (nSPS) is 14.2. The fourth-order valence-electron chi connectivity index (χ4n) is 2.46. The van der Waals surface area contributed by atoms with Crippen molar-refractivity contribution in [1.82, 2.24) is 4.90 Å². The maximum absolute atomic E-state index is 4.04. The Morgan fingerprint density at radius 3 is 2.62 bits per heavy atom. The third-order valence-corrected chi connectivity index (χ3v) is 3.86. The summed E-state index contributed by atoms with van der Waals surface area (Å²) in [4.78, 5) is 2.55. The number of rotatable bonds is 6. The summed E-state index contributed by atoms with van der Waals surface area (Å²) in [6, 6.07) is 9.49. The molecule has 1 fully saturated rings. The molecule has 0 spiro atoms. The molecule has 0 heterocycles. The van der Waals surface area contributed by atoms with Gasteiger partial charge in [-0.2, -0.15) is 0 Å². The van der Waals surface area contributed by atoms with E-state index in [0.717, 1.165) is 24.7 Å². The molecule has 0 N–H and O–H groups in total. The van der Waals surface area contributed by atoms with Crippen LogP contribution < -0.4 is 0 Å². The number of allylic oxidation sites excluding steroid dienone is 2. The first kappa shape index (κ1) is 20.6. The quantitative estimate of drug-likeness (QED) is 0.598. The minimum atomic E-state index is 0. The summed E-state index contributed by atoms with van der Waals surface area (Å²) in [5.41, 5.74) is 3.81. The van der Waals surface area contributed by atoms with Crippen molar-refractivity contribution in [2.45, 2.75) is 53.1 Å². The first-order valence-corrected chi connectivity index (χ1v) is 8.52. The van der Waals surface area contributed by atoms with Crippen LogP contribution in [0.3, 0.4) is 0 Å². The van der Waals surface area contributed by atoms with Gasteiger partial charge in [-0.1, -0.05) is 54.3 Å². The number of hydrogen-bond donors (Lipinski definition) is 0. The number of halogens is 1. The van der Waals surface area contributed by atoms with E-state index in [9.17, 15) is 0 Å². The number of nitrogens with zero attached hydrogens (tertiary/aromatic N) is 1. The van der Waals surface area contributed by atoms with Crippen LogP contribution in [0.4, 0.5) is 0 Å². The Balaban J connectivity index is 0.00000288. The molecule has 0 radical (unpaired) electrons. The van der Waals surface area contributed by atoms with Crippen molar-refractivity contribution < 1.29 is 0 Å². The van der Waals surface area contributed by atoms with Crippen LogP contribution in [0, 0.1) is 17.3 Å². The van der Waals surface area contributed by atoms with Crippen molar-refractivity contribution in [2.75, 3.05) is 6.54 Å². The molecule has 1 aromatic carbocycles. The minimum absolute atomic E-state index is 0. The monoisotopic (exact) mass is 343 g/mol. The summed E-state index contributed by atoms with van der Waals surface area (Å²) in [5, 5.41) is 0. The molecule has 0 aliphatic heterocycles. The molecule has 0 saturated heterocycles. The zero-order chi connectivity index (χ0) is 16.9. The van der Waals surface area contributed by atoms with E-state index in [4.69, 9.17) is 0 Å². The maximum Gasteiger partial charge on any atom is 0.0240 e. The Bertz CT molecular complexity index is 636. The number of benzene rings is 1. The summed E-state index contributed by atoms with van der Waals surface area (Å²) in [7, 11) is 0. The van der Waals surface area contributed by atoms with E-state index in [1.54, 1.807) is 0 Å². The van der Waals surface area contributed by atoms with Gasteiger partial charge in [-0.15, -0.1) is 12.4 Å². The Morgan fingerprint density at radius 2 is 2.04 bits per heavy atom. The highest BCUT2D eigenvalue weighted by Gasteiger charge is 2.28. The molecule has 0 unspecified atom stereocenters. The second-order valence-corrected chi connectivity index (χ2v) is 7.56. The van der Waals surface area contributed by atoms with Crippen LogP contribution in [0.25, 0.3) is 5.57 Å². The molecular formula is C22H30ClN. The van der Waals surface area contributed by atoms with Gasteiger partial charge < -0.3 is 0 Å². The van der Waals surface area contributed by atoms with Crippen LogP contribution in [0.2, 0.25) is 0 Å². The second kappa shape index (κ2) is 9.11. The largest absolute Gasteiger partial charge is 0.292 e. The molecule has 130 valence electrons. The van der Waals surface area contributed by atoms with Gasteiger partial charge in [0, 0.05) is 24.5 Å². The lowest BCUT2D eigenvalue weighted by Gasteiger charge is -2.20. The highest BCUT2D eigenvalue weighted by Crippen LogP contribution is 2.28. The lowest BCUT2D eigenvalue weighted by molar-refractivity contribution is 0.283. The maximum atomic E-state index is 4.04. The molecular weight excluding hydrogens is 314 g/mol. The summed E-state index contributed by atoms with van der Waals surface area (Å²) < 4.78 is 0. The van der Waals surface area contributed by atoms with Crippen molar-refractivity contribution in [3.63, 3.8) is 0 Å². The first-order chi connectivity index (χ1) is 10.8. The zero-order valence-electron chi connectivity index (χ0n) is 15.4. The van der Waals surface area contributed by atoms with Crippen LogP contribution in [0.5, 0.6) is 0 Å². The van der Waals surface area contributed by atoms with Crippen LogP contribution in [0.1, 0.15) is 51.7 Å². The van der Waals surface area contributed by atoms with Crippen LogP contribution in [-0.4, -0.2) is 17.5 Å². The molecule has 1 saturated carbocycles. The van der Waals surface area contributed by atoms with E-state index in [1.165, 1.54) is 24.0 Å². The van der Waals surface area contributed by atoms with Gasteiger partial charge in [0.15, 0.2) is 0 Å². The molecule has 1 aromatic rings. The van der Waals surface area contributed by atoms with Gasteiger partial charge in [0.2, 0.25) is 0 Å². The second-order valence-electron chi connectivity index (χ2n) is 7.56. The predicted molar refractivity (Wildman–Crippen MR) is 108 cm³/mol. The average molecular weight is 344 g/mol. The van der Waals surface area contributed by atoms with Crippen LogP contribution in [0.15, 0.2) is 43.0 Å². The Hall–Kier alpha value is -1.49. The summed E-state index contributed by atoms with van der Waals surface area (Å²) in [6.07, 6.45) is 6.84. The van der Waals surface area contributed by atoms with E-state index in [1.807, 2.05) is 6.08 Å². The van der Waals surface area contributed by atoms with Crippen molar-refractivity contribution in [3.8, 4) is 11.8 Å². The molecule has 2 heteroatoms. The summed E-state index contributed by atoms with van der Waals surface area (Å²) in [6.45, 7) is 14.5. The fourth-order valence-corrected chi connectivity index (χ4v) is 2.46. The van der Waals surface area contributed by atoms with E-state index < -0.39 is 0 Å². The van der Waals surface area contributed by atoms with Crippen molar-refractivity contribution >= 4 is 18.0 Å². The van der Waals surface area contributed by atoms with E-state index >= 15 is 0 Å². The summed E-state index contributed by atoms with van der Waals surface area (Å²) >= 11 is 0. The standard InChI is InChI=1S/C22H29N.ClH/c1-18(2)20-11-9-10-19(16-20)17-23(21-12-13-21)15-8-6-7-14-22(3,4)5;/h6,8-11,16,21H,1,12-13,15,17H2,2-5H3;1H/b8-6+;. The lowest BCUT2D eigenvalue weighted by Crippen LogP contribution is -2.25. The van der Waals surface area contributed by atoms with Crippen molar-refractivity contribution in [1.29, 1.82) is 0 Å². The van der Waals surface area contributed by atoms with Gasteiger partial charge >= 0.3 is 0 Å². The Kier molecular flexibility index (Phi) is 7.80. The third-order valence-electron chi connectivity index (χ3n) is 3.86. The van der Waals surface area contributed by atoms with Crippen molar-refractivity contribution in [2.24, 2.45) is 5.41 Å². The topological polar surface area (TPSA) is 3.24 Å². The van der Waals surface area contributed by atoms with Gasteiger partial charge in [-0.3, -0.25) is 4.90 Å². The lowest BCUT2D eigenvalue weighted by atomic mass is 9.98. The van der Waals surface area contributed by atoms with Crippen LogP contribution >= 0.6 is 12.4 Å². The molecule has 0 bridgehead atoms. The predicted octanol–water partition coefficient (Wildman–Crippen LogP) is 5.71. The Labute approximate surface area is 154 Å². The van der Waals surface area contributed by atoms with Gasteiger partial charge in [0.25, 0.3) is 0 Å². The van der Waals surface area contributed by atoms with E-state index in [0.29, 0.717) is 0 Å². The van der Waals surface area contributed by atoms with Crippen molar-refractivity contribution in [3.05, 3.63) is 54.1 Å². The molecule has 1 aliphatic carbocycles. The van der Waals surface area contributed by atoms with Gasteiger partial charge in [-0.25, -0.2) is 0 Å². The third kappa shape index (κ3) is 7.39. The molecule has 0 aromatic heterocycles. The Morgan fingerprint density at radius 1 is 1.33 bits per heavy atom. The molecule has 0 atom stereocenters. The highest BCUT2D eigenvalue weighted by molar-refractivity contribution is 5.85. The minimum Gasteiger partial charge on any atom is -0.292 e. The van der Waals surface area contributed by atoms with Gasteiger partial charge in [0.1, 0.15) is 0 Å². The van der Waals surface area contributed by atoms with Gasteiger partial charge in [-0.05, 0) is 57.7 Å². The molecule has 1 aliphatic rings. The molecule has 2 rings (SSSR count). The van der Waals surface area contributed by atoms with Gasteiger partial charge in [0.05, 0.1) is 0 Å². The summed E-state index contributed by atoms with van der Waals surface area (Å²) in [5.74, 6) is 6.40. The van der Waals surface area contributed by atoms with E-state index in [-0.39, 0.29) is 17.8 Å². The molecule has 1 nitrogen and oxygen atoms in total.